The second-order valence-corrected chi connectivity index (χ2v) is 4.68. The number of benzene rings is 1. The van der Waals surface area contributed by atoms with Crippen LogP contribution in [0.15, 0.2) is 24.5 Å². The summed E-state index contributed by atoms with van der Waals surface area (Å²) in [7, 11) is 3.25. The maximum atomic E-state index is 14.0. The van der Waals surface area contributed by atoms with Gasteiger partial charge in [0.25, 0.3) is 0 Å². The fraction of sp³-hybridized carbons (Fsp3) is 0.250. The molecule has 0 spiro atoms. The SMILES string of the molecule is CN(Cc1cnn(C)c1)c1cc([N+](=O)[O-])c([N+](=O)[O-])cc1F. The molecule has 0 aliphatic heterocycles. The Labute approximate surface area is 123 Å². The van der Waals surface area contributed by atoms with E-state index in [0.717, 1.165) is 11.6 Å². The van der Waals surface area contributed by atoms with E-state index in [2.05, 4.69) is 5.10 Å². The van der Waals surface area contributed by atoms with Crippen LogP contribution in [-0.4, -0.2) is 26.7 Å². The molecule has 0 bridgehead atoms. The third kappa shape index (κ3) is 3.00. The van der Waals surface area contributed by atoms with Gasteiger partial charge in [0.15, 0.2) is 5.82 Å². The van der Waals surface area contributed by atoms with Crippen molar-refractivity contribution < 1.29 is 14.2 Å². The fourth-order valence-corrected chi connectivity index (χ4v) is 2.04. The average Bonchev–Trinajstić information content (AvgIpc) is 2.83. The lowest BCUT2D eigenvalue weighted by Crippen LogP contribution is -2.18. The van der Waals surface area contributed by atoms with Gasteiger partial charge in [0, 0.05) is 38.5 Å². The fourth-order valence-electron chi connectivity index (χ4n) is 2.04. The Balaban J connectivity index is 2.39. The summed E-state index contributed by atoms with van der Waals surface area (Å²) in [6.07, 6.45) is 3.29. The van der Waals surface area contributed by atoms with Gasteiger partial charge in [0.05, 0.1) is 27.8 Å². The van der Waals surface area contributed by atoms with Gasteiger partial charge >= 0.3 is 11.4 Å². The Kier molecular flexibility index (Phi) is 4.02. The Morgan fingerprint density at radius 3 is 2.36 bits per heavy atom. The highest BCUT2D eigenvalue weighted by Crippen LogP contribution is 2.33. The molecule has 0 saturated carbocycles. The van der Waals surface area contributed by atoms with Crippen molar-refractivity contribution in [2.24, 2.45) is 7.05 Å². The maximum absolute atomic E-state index is 14.0. The van der Waals surface area contributed by atoms with Crippen LogP contribution in [0.1, 0.15) is 5.56 Å². The molecule has 0 radical (unpaired) electrons. The van der Waals surface area contributed by atoms with E-state index in [0.29, 0.717) is 6.07 Å². The van der Waals surface area contributed by atoms with Crippen LogP contribution >= 0.6 is 0 Å². The first-order valence-electron chi connectivity index (χ1n) is 6.10. The molecule has 0 fully saturated rings. The van der Waals surface area contributed by atoms with E-state index in [1.807, 2.05) is 0 Å². The van der Waals surface area contributed by atoms with Crippen molar-refractivity contribution in [1.82, 2.24) is 9.78 Å². The summed E-state index contributed by atoms with van der Waals surface area (Å²) >= 11 is 0. The molecule has 1 heterocycles. The molecule has 1 aromatic heterocycles. The highest BCUT2D eigenvalue weighted by atomic mass is 19.1. The van der Waals surface area contributed by atoms with E-state index in [1.165, 1.54) is 11.9 Å². The third-order valence-corrected chi connectivity index (χ3v) is 3.03. The zero-order chi connectivity index (χ0) is 16.4. The number of nitrogens with zero attached hydrogens (tertiary/aromatic N) is 5. The topological polar surface area (TPSA) is 107 Å². The van der Waals surface area contributed by atoms with Gasteiger partial charge in [-0.05, 0) is 0 Å². The quantitative estimate of drug-likeness (QED) is 0.617. The molecule has 0 atom stereocenters. The van der Waals surface area contributed by atoms with Gasteiger partial charge in [-0.2, -0.15) is 5.10 Å². The molecule has 0 aliphatic rings. The number of rotatable bonds is 5. The molecular formula is C12H12FN5O4. The monoisotopic (exact) mass is 309 g/mol. The summed E-state index contributed by atoms with van der Waals surface area (Å²) in [5.74, 6) is -0.899. The third-order valence-electron chi connectivity index (χ3n) is 3.03. The second-order valence-electron chi connectivity index (χ2n) is 4.68. The van der Waals surface area contributed by atoms with Crippen LogP contribution in [0.2, 0.25) is 0 Å². The first-order valence-corrected chi connectivity index (χ1v) is 6.10. The molecule has 0 unspecified atom stereocenters. The minimum atomic E-state index is -0.980. The normalized spacial score (nSPS) is 10.5. The minimum absolute atomic E-state index is 0.0962. The van der Waals surface area contributed by atoms with Crippen LogP contribution in [0.5, 0.6) is 0 Å². The Bertz CT molecular complexity index is 745. The summed E-state index contributed by atoms with van der Waals surface area (Å²) in [6, 6.07) is 1.43. The first kappa shape index (κ1) is 15.4. The van der Waals surface area contributed by atoms with Crippen LogP contribution < -0.4 is 4.90 Å². The van der Waals surface area contributed by atoms with Gasteiger partial charge in [-0.15, -0.1) is 0 Å². The van der Waals surface area contributed by atoms with Crippen molar-refractivity contribution in [3.05, 3.63) is 56.1 Å². The summed E-state index contributed by atoms with van der Waals surface area (Å²) in [6.45, 7) is 0.250. The summed E-state index contributed by atoms with van der Waals surface area (Å²) < 4.78 is 15.6. The number of hydrogen-bond acceptors (Lipinski definition) is 6. The molecule has 22 heavy (non-hydrogen) atoms. The zero-order valence-electron chi connectivity index (χ0n) is 11.8. The molecule has 1 aromatic carbocycles. The van der Waals surface area contributed by atoms with Crippen LogP contribution in [0.25, 0.3) is 0 Å². The molecular weight excluding hydrogens is 297 g/mol. The maximum Gasteiger partial charge on any atom is 0.349 e. The number of aromatic nitrogens is 2. The molecule has 2 rings (SSSR count). The molecule has 2 aromatic rings. The number of nitro benzene ring substituents is 2. The van der Waals surface area contributed by atoms with Crippen molar-refractivity contribution in [3.8, 4) is 0 Å². The van der Waals surface area contributed by atoms with Crippen LogP contribution in [0.4, 0.5) is 21.5 Å². The van der Waals surface area contributed by atoms with E-state index >= 15 is 0 Å². The lowest BCUT2D eigenvalue weighted by Gasteiger charge is -2.18. The van der Waals surface area contributed by atoms with E-state index in [1.54, 1.807) is 24.1 Å². The lowest BCUT2D eigenvalue weighted by molar-refractivity contribution is -0.422. The standard InChI is InChI=1S/C12H12FN5O4/c1-15(6-8-5-14-16(2)7-8)10-4-12(18(21)22)11(17(19)20)3-9(10)13/h3-5,7H,6H2,1-2H3. The summed E-state index contributed by atoms with van der Waals surface area (Å²) in [5, 5.41) is 25.7. The minimum Gasteiger partial charge on any atom is -0.368 e. The van der Waals surface area contributed by atoms with Crippen molar-refractivity contribution >= 4 is 17.1 Å². The predicted molar refractivity (Wildman–Crippen MR) is 75.0 cm³/mol. The Morgan fingerprint density at radius 2 is 1.86 bits per heavy atom. The largest absolute Gasteiger partial charge is 0.368 e. The Hall–Kier alpha value is -3.04. The first-order chi connectivity index (χ1) is 10.3. The van der Waals surface area contributed by atoms with Gasteiger partial charge < -0.3 is 4.90 Å². The van der Waals surface area contributed by atoms with Gasteiger partial charge in [0.1, 0.15) is 0 Å². The number of nitro groups is 2. The lowest BCUT2D eigenvalue weighted by atomic mass is 10.2. The molecule has 9 nitrogen and oxygen atoms in total. The van der Waals surface area contributed by atoms with Gasteiger partial charge in [0.2, 0.25) is 0 Å². The number of halogens is 1. The van der Waals surface area contributed by atoms with Crippen LogP contribution in [0.3, 0.4) is 0 Å². The molecule has 0 saturated heterocycles. The van der Waals surface area contributed by atoms with Gasteiger partial charge in [-0.3, -0.25) is 24.9 Å². The predicted octanol–water partition coefficient (Wildman–Crippen LogP) is 2.01. The smallest absolute Gasteiger partial charge is 0.349 e. The van der Waals surface area contributed by atoms with E-state index in [-0.39, 0.29) is 12.2 Å². The molecule has 10 heteroatoms. The Morgan fingerprint density at radius 1 is 1.27 bits per heavy atom. The average molecular weight is 309 g/mol. The van der Waals surface area contributed by atoms with Gasteiger partial charge in [-0.1, -0.05) is 0 Å². The molecule has 116 valence electrons. The van der Waals surface area contributed by atoms with Gasteiger partial charge in [-0.25, -0.2) is 4.39 Å². The van der Waals surface area contributed by atoms with E-state index in [9.17, 15) is 24.6 Å². The summed E-state index contributed by atoms with van der Waals surface area (Å²) in [5.41, 5.74) is -0.952. The zero-order valence-corrected chi connectivity index (χ0v) is 11.8. The highest BCUT2D eigenvalue weighted by molar-refractivity contribution is 5.63. The molecule has 0 amide bonds. The second kappa shape index (κ2) is 5.76. The van der Waals surface area contributed by atoms with Crippen molar-refractivity contribution in [2.45, 2.75) is 6.54 Å². The van der Waals surface area contributed by atoms with Crippen molar-refractivity contribution in [3.63, 3.8) is 0 Å². The van der Waals surface area contributed by atoms with Crippen LogP contribution in [-0.2, 0) is 13.6 Å². The highest BCUT2D eigenvalue weighted by Gasteiger charge is 2.28. The van der Waals surface area contributed by atoms with Crippen molar-refractivity contribution in [2.75, 3.05) is 11.9 Å². The molecule has 0 aliphatic carbocycles. The van der Waals surface area contributed by atoms with Crippen LogP contribution in [0, 0.1) is 26.0 Å². The summed E-state index contributed by atoms with van der Waals surface area (Å²) in [4.78, 5) is 21.2. The number of anilines is 1. The number of aryl methyl sites for hydroxylation is 1. The number of hydrogen-bond donors (Lipinski definition) is 0. The van der Waals surface area contributed by atoms with E-state index in [4.69, 9.17) is 0 Å². The molecule has 0 N–H and O–H groups in total. The van der Waals surface area contributed by atoms with E-state index < -0.39 is 27.0 Å². The van der Waals surface area contributed by atoms with Crippen molar-refractivity contribution in [1.29, 1.82) is 0 Å².